The van der Waals surface area contributed by atoms with Crippen LogP contribution in [0.3, 0.4) is 0 Å². The standard InChI is InChI=1S/2C15H14N2O2.2C5H5N.Zn/c2*1-11(13-9-5-6-10-14(13)18)16-17-15(19)12-7-3-2-4-8-12;2*1-2-4-6-5-3-1;/h2*2-10,18H,1H3,(H,17,19);2*1-5H;/q;;;;+2/p-2/b2*16-11-;;;. The fourth-order valence-corrected chi connectivity index (χ4v) is 3.81. The molecule has 11 heteroatoms. The largest absolute Gasteiger partial charge is 2.00 e. The van der Waals surface area contributed by atoms with Crippen molar-refractivity contribution in [3.05, 3.63) is 193 Å². The van der Waals surface area contributed by atoms with Gasteiger partial charge in [0.15, 0.2) is 0 Å². The summed E-state index contributed by atoms with van der Waals surface area (Å²) < 4.78 is 0. The zero-order valence-corrected chi connectivity index (χ0v) is 31.2. The van der Waals surface area contributed by atoms with E-state index in [1.54, 1.807) is 136 Å². The Kier molecular flexibility index (Phi) is 19.2. The molecule has 0 amide bonds. The van der Waals surface area contributed by atoms with E-state index in [2.05, 4.69) is 30.4 Å². The predicted molar refractivity (Wildman–Crippen MR) is 195 cm³/mol. The molecule has 51 heavy (non-hydrogen) atoms. The average Bonchev–Trinajstić information content (AvgIpc) is 3.19. The molecule has 6 aromatic rings. The van der Waals surface area contributed by atoms with E-state index in [1.807, 2.05) is 48.5 Å². The third kappa shape index (κ3) is 15.6. The number of rotatable bonds is 6. The molecule has 4 aromatic carbocycles. The summed E-state index contributed by atoms with van der Waals surface area (Å²) in [5.41, 5.74) is 3.07. The number of aromatic hydroxyl groups is 2. The second kappa shape index (κ2) is 23.9. The first-order valence-electron chi connectivity index (χ1n) is 15.3. The van der Waals surface area contributed by atoms with Gasteiger partial charge in [-0.05, 0) is 73.5 Å². The minimum absolute atomic E-state index is 0. The van der Waals surface area contributed by atoms with Crippen molar-refractivity contribution in [2.45, 2.75) is 13.8 Å². The maximum absolute atomic E-state index is 11.7. The summed E-state index contributed by atoms with van der Waals surface area (Å²) >= 11 is 0. The van der Waals surface area contributed by atoms with E-state index in [-0.39, 0.29) is 31.0 Å². The summed E-state index contributed by atoms with van der Waals surface area (Å²) in [7, 11) is 0. The zero-order chi connectivity index (χ0) is 35.8. The third-order valence-corrected chi connectivity index (χ3v) is 6.34. The minimum Gasteiger partial charge on any atom is -0.857 e. The van der Waals surface area contributed by atoms with Gasteiger partial charge in [-0.3, -0.25) is 9.97 Å². The van der Waals surface area contributed by atoms with Gasteiger partial charge >= 0.3 is 19.5 Å². The van der Waals surface area contributed by atoms with Crippen LogP contribution in [-0.2, 0) is 19.5 Å². The van der Waals surface area contributed by atoms with Crippen molar-refractivity contribution in [3.63, 3.8) is 0 Å². The Balaban J connectivity index is 0.000000263. The molecule has 0 aliphatic rings. The SMILES string of the molecule is C/C(=N/N=C(\[O-])c1ccccc1)c1ccccc1O.C/C(=N/N=C(\[O-])c1ccccc1)c1ccccc1O.[Zn+2].c1ccncc1.c1ccncc1. The molecular weight excluding hydrogens is 694 g/mol. The van der Waals surface area contributed by atoms with Gasteiger partial charge in [-0.2, -0.15) is 20.4 Å². The van der Waals surface area contributed by atoms with Gasteiger partial charge in [0.1, 0.15) is 11.5 Å². The number of para-hydroxylation sites is 2. The van der Waals surface area contributed by atoms with Crippen LogP contribution in [0.1, 0.15) is 36.1 Å². The number of nitrogens with zero attached hydrogens (tertiary/aromatic N) is 6. The average molecular weight is 730 g/mol. The number of aromatic nitrogens is 2. The van der Waals surface area contributed by atoms with Crippen LogP contribution < -0.4 is 10.2 Å². The molecule has 2 N–H and O–H groups in total. The zero-order valence-electron chi connectivity index (χ0n) is 28.3. The van der Waals surface area contributed by atoms with Gasteiger partial charge < -0.3 is 20.4 Å². The van der Waals surface area contributed by atoms with Crippen molar-refractivity contribution < 1.29 is 39.9 Å². The molecule has 0 saturated heterocycles. The monoisotopic (exact) mass is 728 g/mol. The Morgan fingerprint density at radius 2 is 0.725 bits per heavy atom. The molecule has 0 bridgehead atoms. The molecule has 2 aromatic heterocycles. The normalized spacial score (nSPS) is 11.2. The van der Waals surface area contributed by atoms with Crippen LogP contribution in [0.2, 0.25) is 0 Å². The van der Waals surface area contributed by atoms with Crippen molar-refractivity contribution in [2.24, 2.45) is 20.4 Å². The minimum atomic E-state index is -0.407. The van der Waals surface area contributed by atoms with Gasteiger partial charge in [0.05, 0.1) is 11.4 Å². The van der Waals surface area contributed by atoms with Crippen LogP contribution in [0.4, 0.5) is 0 Å². The second-order valence-electron chi connectivity index (χ2n) is 10.00. The van der Waals surface area contributed by atoms with Crippen LogP contribution >= 0.6 is 0 Å². The molecule has 252 valence electrons. The fourth-order valence-electron chi connectivity index (χ4n) is 3.81. The van der Waals surface area contributed by atoms with Gasteiger partial charge in [-0.15, -0.1) is 0 Å². The van der Waals surface area contributed by atoms with Crippen molar-refractivity contribution in [3.8, 4) is 11.5 Å². The van der Waals surface area contributed by atoms with Crippen molar-refractivity contribution in [2.75, 3.05) is 0 Å². The summed E-state index contributed by atoms with van der Waals surface area (Å²) in [5, 5.41) is 57.8. The maximum atomic E-state index is 11.7. The topological polar surface area (TPSA) is 162 Å². The van der Waals surface area contributed by atoms with Gasteiger partial charge in [0.25, 0.3) is 0 Å². The van der Waals surface area contributed by atoms with E-state index in [9.17, 15) is 20.4 Å². The second-order valence-corrected chi connectivity index (χ2v) is 10.00. The first-order valence-corrected chi connectivity index (χ1v) is 15.3. The van der Waals surface area contributed by atoms with E-state index in [0.717, 1.165) is 0 Å². The molecule has 6 rings (SSSR count). The molecule has 0 aliphatic heterocycles. The summed E-state index contributed by atoms with van der Waals surface area (Å²) in [6, 6.07) is 42.4. The van der Waals surface area contributed by atoms with Gasteiger partial charge in [0, 0.05) is 47.7 Å². The molecule has 0 radical (unpaired) electrons. The number of pyridine rings is 2. The Labute approximate surface area is 310 Å². The van der Waals surface area contributed by atoms with Crippen molar-refractivity contribution in [1.29, 1.82) is 0 Å². The summed E-state index contributed by atoms with van der Waals surface area (Å²) in [5.74, 6) is -0.581. The fraction of sp³-hybridized carbons (Fsp3) is 0.0500. The van der Waals surface area contributed by atoms with Crippen LogP contribution in [0.15, 0.2) is 191 Å². The molecule has 0 unspecified atom stereocenters. The molecule has 0 spiro atoms. The Morgan fingerprint density at radius 1 is 0.431 bits per heavy atom. The molecule has 0 atom stereocenters. The smallest absolute Gasteiger partial charge is 0.857 e. The van der Waals surface area contributed by atoms with E-state index >= 15 is 0 Å². The number of benzene rings is 4. The van der Waals surface area contributed by atoms with Crippen LogP contribution in [0.25, 0.3) is 0 Å². The van der Waals surface area contributed by atoms with Crippen LogP contribution in [-0.4, -0.2) is 43.4 Å². The molecule has 0 fully saturated rings. The summed E-state index contributed by atoms with van der Waals surface area (Å²) in [6.07, 6.45) is 7.00. The molecule has 0 aliphatic carbocycles. The van der Waals surface area contributed by atoms with Crippen molar-refractivity contribution >= 4 is 23.2 Å². The van der Waals surface area contributed by atoms with E-state index in [0.29, 0.717) is 33.7 Å². The van der Waals surface area contributed by atoms with Gasteiger partial charge in [-0.1, -0.05) is 97.1 Å². The molecular formula is C40H36N6O4Zn. The van der Waals surface area contributed by atoms with Crippen molar-refractivity contribution in [1.82, 2.24) is 9.97 Å². The first kappa shape index (κ1) is 40.9. The van der Waals surface area contributed by atoms with E-state index in [1.165, 1.54) is 0 Å². The predicted octanol–water partition coefficient (Wildman–Crippen LogP) is 6.01. The number of hydrogen-bond donors (Lipinski definition) is 2. The third-order valence-electron chi connectivity index (χ3n) is 6.34. The Bertz CT molecular complexity index is 1760. The van der Waals surface area contributed by atoms with Crippen LogP contribution in [0, 0.1) is 0 Å². The quantitative estimate of drug-likeness (QED) is 0.0924. The number of phenolic OH excluding ortho intramolecular Hbond substituents is 2. The van der Waals surface area contributed by atoms with E-state index in [4.69, 9.17) is 0 Å². The Morgan fingerprint density at radius 3 is 1.00 bits per heavy atom. The first-order chi connectivity index (χ1) is 24.4. The maximum Gasteiger partial charge on any atom is 2.00 e. The molecule has 2 heterocycles. The van der Waals surface area contributed by atoms with Gasteiger partial charge in [-0.25, -0.2) is 0 Å². The van der Waals surface area contributed by atoms with Crippen LogP contribution in [0.5, 0.6) is 11.5 Å². The number of hydrogen-bond acceptors (Lipinski definition) is 10. The van der Waals surface area contributed by atoms with Gasteiger partial charge in [0.2, 0.25) is 0 Å². The Hall–Kier alpha value is -6.32. The summed E-state index contributed by atoms with van der Waals surface area (Å²) in [4.78, 5) is 7.57. The van der Waals surface area contributed by atoms with E-state index < -0.39 is 11.8 Å². The molecule has 0 saturated carbocycles. The molecule has 10 nitrogen and oxygen atoms in total. The number of phenols is 2. The summed E-state index contributed by atoms with van der Waals surface area (Å²) in [6.45, 7) is 3.38.